The third-order valence-corrected chi connectivity index (χ3v) is 3.49. The van der Waals surface area contributed by atoms with Gasteiger partial charge in [-0.2, -0.15) is 0 Å². The number of nitrogen functional groups attached to an aromatic ring is 1. The van der Waals surface area contributed by atoms with Crippen LogP contribution in [0.4, 0.5) is 17.1 Å². The van der Waals surface area contributed by atoms with Gasteiger partial charge in [0.1, 0.15) is 0 Å². The Morgan fingerprint density at radius 2 is 1.48 bits per heavy atom. The van der Waals surface area contributed by atoms with E-state index in [2.05, 4.69) is 42.6 Å². The lowest BCUT2D eigenvalue weighted by atomic mass is 10.0. The number of nitrogens with two attached hydrogens (primary N) is 1. The summed E-state index contributed by atoms with van der Waals surface area (Å²) in [5, 5.41) is 3.46. The zero-order valence-corrected chi connectivity index (χ0v) is 12.0. The molecule has 0 unspecified atom stereocenters. The van der Waals surface area contributed by atoms with Crippen molar-refractivity contribution >= 4 is 17.1 Å². The molecule has 2 nitrogen and oxygen atoms in total. The second kappa shape index (κ2) is 5.71. The Bertz CT molecular complexity index is 749. The molecule has 3 rings (SSSR count). The van der Waals surface area contributed by atoms with Crippen molar-refractivity contribution in [3.05, 3.63) is 78.4 Å². The third kappa shape index (κ3) is 2.90. The minimum atomic E-state index is 0.753. The van der Waals surface area contributed by atoms with Gasteiger partial charge >= 0.3 is 0 Å². The summed E-state index contributed by atoms with van der Waals surface area (Å²) in [6.45, 7) is 2.06. The molecule has 0 saturated heterocycles. The maximum absolute atomic E-state index is 6.06. The Hall–Kier alpha value is -2.74. The van der Waals surface area contributed by atoms with Crippen LogP contribution in [0.5, 0.6) is 0 Å². The molecule has 2 heteroatoms. The van der Waals surface area contributed by atoms with Crippen LogP contribution in [0.3, 0.4) is 0 Å². The van der Waals surface area contributed by atoms with Crippen LogP contribution >= 0.6 is 0 Å². The number of nitrogens with one attached hydrogen (secondary N) is 1. The molecular weight excluding hydrogens is 256 g/mol. The molecule has 0 amide bonds. The van der Waals surface area contributed by atoms with E-state index in [1.807, 2.05) is 42.5 Å². The molecule has 3 aromatic rings. The van der Waals surface area contributed by atoms with E-state index in [4.69, 9.17) is 5.73 Å². The van der Waals surface area contributed by atoms with Gasteiger partial charge in [-0.05, 0) is 36.2 Å². The highest BCUT2D eigenvalue weighted by atomic mass is 14.9. The number of benzene rings is 3. The Morgan fingerprint density at radius 3 is 2.29 bits per heavy atom. The first-order valence-electron chi connectivity index (χ1n) is 7.01. The predicted octanol–water partition coefficient (Wildman–Crippen LogP) is 4.99. The summed E-state index contributed by atoms with van der Waals surface area (Å²) < 4.78 is 0. The summed E-state index contributed by atoms with van der Waals surface area (Å²) in [6.07, 6.45) is 0. The lowest BCUT2D eigenvalue weighted by molar-refractivity contribution is 1.45. The molecule has 3 N–H and O–H groups in total. The molecule has 0 fully saturated rings. The van der Waals surface area contributed by atoms with Gasteiger partial charge in [0.2, 0.25) is 0 Å². The number of hydrogen-bond donors (Lipinski definition) is 2. The van der Waals surface area contributed by atoms with Crippen LogP contribution in [-0.2, 0) is 0 Å². The standard InChI is InChI=1S/C19H18N2/c1-14-11-12-17(20)19(13-14)21-18-10-6-5-9-16(18)15-7-3-2-4-8-15/h2-13,21H,20H2,1H3. The fourth-order valence-electron chi connectivity index (χ4n) is 2.39. The van der Waals surface area contributed by atoms with Crippen molar-refractivity contribution in [2.75, 3.05) is 11.1 Å². The second-order valence-electron chi connectivity index (χ2n) is 5.13. The maximum atomic E-state index is 6.06. The summed E-state index contributed by atoms with van der Waals surface area (Å²) in [5.74, 6) is 0. The van der Waals surface area contributed by atoms with Crippen LogP contribution in [0.15, 0.2) is 72.8 Å². The van der Waals surface area contributed by atoms with Crippen molar-refractivity contribution in [3.8, 4) is 11.1 Å². The molecule has 0 aromatic heterocycles. The van der Waals surface area contributed by atoms with E-state index < -0.39 is 0 Å². The van der Waals surface area contributed by atoms with Gasteiger partial charge in [-0.3, -0.25) is 0 Å². The highest BCUT2D eigenvalue weighted by Gasteiger charge is 2.06. The van der Waals surface area contributed by atoms with E-state index in [9.17, 15) is 0 Å². The van der Waals surface area contributed by atoms with Crippen molar-refractivity contribution in [2.45, 2.75) is 6.92 Å². The van der Waals surface area contributed by atoms with Crippen molar-refractivity contribution in [2.24, 2.45) is 0 Å². The fourth-order valence-corrected chi connectivity index (χ4v) is 2.39. The first kappa shape index (κ1) is 13.3. The van der Waals surface area contributed by atoms with E-state index in [0.29, 0.717) is 0 Å². The minimum absolute atomic E-state index is 0.753. The summed E-state index contributed by atoms with van der Waals surface area (Å²) in [5.41, 5.74) is 12.4. The second-order valence-corrected chi connectivity index (χ2v) is 5.13. The van der Waals surface area contributed by atoms with Crippen molar-refractivity contribution in [3.63, 3.8) is 0 Å². The number of para-hydroxylation sites is 1. The normalized spacial score (nSPS) is 10.3. The van der Waals surface area contributed by atoms with Crippen LogP contribution in [0.1, 0.15) is 5.56 Å². The fraction of sp³-hybridized carbons (Fsp3) is 0.0526. The van der Waals surface area contributed by atoms with E-state index in [0.717, 1.165) is 17.1 Å². The molecule has 0 atom stereocenters. The first-order valence-corrected chi connectivity index (χ1v) is 7.01. The highest BCUT2D eigenvalue weighted by molar-refractivity contribution is 5.83. The summed E-state index contributed by atoms with van der Waals surface area (Å²) >= 11 is 0. The zero-order chi connectivity index (χ0) is 14.7. The quantitative estimate of drug-likeness (QED) is 0.660. The maximum Gasteiger partial charge on any atom is 0.0620 e. The average Bonchev–Trinajstić information content (AvgIpc) is 2.52. The van der Waals surface area contributed by atoms with Gasteiger partial charge < -0.3 is 11.1 Å². The third-order valence-electron chi connectivity index (χ3n) is 3.49. The molecular formula is C19H18N2. The predicted molar refractivity (Wildman–Crippen MR) is 90.8 cm³/mol. The topological polar surface area (TPSA) is 38.0 Å². The highest BCUT2D eigenvalue weighted by Crippen LogP contribution is 2.32. The van der Waals surface area contributed by atoms with E-state index >= 15 is 0 Å². The monoisotopic (exact) mass is 274 g/mol. The Balaban J connectivity index is 2.02. The lowest BCUT2D eigenvalue weighted by Gasteiger charge is -2.14. The molecule has 0 saturated carbocycles. The molecule has 0 aliphatic carbocycles. The molecule has 3 aromatic carbocycles. The van der Waals surface area contributed by atoms with Crippen molar-refractivity contribution < 1.29 is 0 Å². The van der Waals surface area contributed by atoms with E-state index in [1.54, 1.807) is 0 Å². The SMILES string of the molecule is Cc1ccc(N)c(Nc2ccccc2-c2ccccc2)c1. The molecule has 0 aliphatic rings. The molecule has 0 spiro atoms. The van der Waals surface area contributed by atoms with Crippen molar-refractivity contribution in [1.82, 2.24) is 0 Å². The average molecular weight is 274 g/mol. The number of rotatable bonds is 3. The Kier molecular flexibility index (Phi) is 3.61. The Labute approximate surface area is 125 Å². The zero-order valence-electron chi connectivity index (χ0n) is 12.0. The van der Waals surface area contributed by atoms with Crippen LogP contribution in [0, 0.1) is 6.92 Å². The lowest BCUT2D eigenvalue weighted by Crippen LogP contribution is -1.98. The molecule has 0 radical (unpaired) electrons. The van der Waals surface area contributed by atoms with Crippen LogP contribution in [0.25, 0.3) is 11.1 Å². The number of aryl methyl sites for hydroxylation is 1. The summed E-state index contributed by atoms with van der Waals surface area (Å²) in [4.78, 5) is 0. The van der Waals surface area contributed by atoms with Gasteiger partial charge in [-0.25, -0.2) is 0 Å². The van der Waals surface area contributed by atoms with E-state index in [-0.39, 0.29) is 0 Å². The Morgan fingerprint density at radius 1 is 0.762 bits per heavy atom. The summed E-state index contributed by atoms with van der Waals surface area (Å²) in [6, 6.07) is 24.6. The van der Waals surface area contributed by atoms with Gasteiger partial charge in [-0.1, -0.05) is 54.6 Å². The molecule has 0 aliphatic heterocycles. The number of anilines is 3. The van der Waals surface area contributed by atoms with Crippen LogP contribution < -0.4 is 11.1 Å². The van der Waals surface area contributed by atoms with E-state index in [1.165, 1.54) is 16.7 Å². The number of hydrogen-bond acceptors (Lipinski definition) is 2. The van der Waals surface area contributed by atoms with Crippen LogP contribution in [0.2, 0.25) is 0 Å². The van der Waals surface area contributed by atoms with Gasteiger partial charge in [0, 0.05) is 11.3 Å². The molecule has 0 heterocycles. The van der Waals surface area contributed by atoms with Crippen molar-refractivity contribution in [1.29, 1.82) is 0 Å². The van der Waals surface area contributed by atoms with Gasteiger partial charge in [0.15, 0.2) is 0 Å². The minimum Gasteiger partial charge on any atom is -0.397 e. The largest absolute Gasteiger partial charge is 0.397 e. The van der Waals surface area contributed by atoms with Gasteiger partial charge in [0.05, 0.1) is 11.4 Å². The van der Waals surface area contributed by atoms with Gasteiger partial charge in [-0.15, -0.1) is 0 Å². The molecule has 104 valence electrons. The summed E-state index contributed by atoms with van der Waals surface area (Å²) in [7, 11) is 0. The van der Waals surface area contributed by atoms with Gasteiger partial charge in [0.25, 0.3) is 0 Å². The molecule has 0 bridgehead atoms. The first-order chi connectivity index (χ1) is 10.2. The van der Waals surface area contributed by atoms with Crippen LogP contribution in [-0.4, -0.2) is 0 Å². The molecule has 21 heavy (non-hydrogen) atoms. The smallest absolute Gasteiger partial charge is 0.0620 e.